The molecule has 0 saturated carbocycles. The van der Waals surface area contributed by atoms with Crippen molar-refractivity contribution in [2.75, 3.05) is 0 Å². The van der Waals surface area contributed by atoms with E-state index >= 15 is 0 Å². The second-order valence-electron chi connectivity index (χ2n) is 3.02. The van der Waals surface area contributed by atoms with Gasteiger partial charge >= 0.3 is 0 Å². The van der Waals surface area contributed by atoms with Gasteiger partial charge in [-0.2, -0.15) is 0 Å². The molecule has 0 aliphatic heterocycles. The van der Waals surface area contributed by atoms with Crippen molar-refractivity contribution in [2.45, 2.75) is 20.0 Å². The van der Waals surface area contributed by atoms with Gasteiger partial charge < -0.3 is 5.32 Å². The van der Waals surface area contributed by atoms with Crippen LogP contribution in [0.5, 0.6) is 0 Å². The van der Waals surface area contributed by atoms with E-state index in [1.807, 2.05) is 6.92 Å². The minimum Gasteiger partial charge on any atom is -0.305 e. The van der Waals surface area contributed by atoms with Crippen molar-refractivity contribution in [2.24, 2.45) is 0 Å². The highest BCUT2D eigenvalue weighted by Crippen LogP contribution is 2.17. The van der Waals surface area contributed by atoms with E-state index < -0.39 is 0 Å². The SMILES string of the molecule is Cc1nc(CNCc2ncc(Cl)s2)cs1. The highest BCUT2D eigenvalue weighted by Gasteiger charge is 2.01. The normalized spacial score (nSPS) is 10.8. The minimum absolute atomic E-state index is 0.733. The Morgan fingerprint density at radius 2 is 2.33 bits per heavy atom. The molecular formula is C9H10ClN3S2. The molecule has 0 bridgehead atoms. The molecule has 2 aromatic heterocycles. The molecular weight excluding hydrogens is 250 g/mol. The molecule has 0 aliphatic carbocycles. The van der Waals surface area contributed by atoms with Gasteiger partial charge in [0, 0.05) is 18.5 Å². The number of hydrogen-bond acceptors (Lipinski definition) is 5. The van der Waals surface area contributed by atoms with Crippen molar-refractivity contribution in [3.63, 3.8) is 0 Å². The molecule has 0 saturated heterocycles. The van der Waals surface area contributed by atoms with E-state index in [-0.39, 0.29) is 0 Å². The van der Waals surface area contributed by atoms with E-state index in [4.69, 9.17) is 11.6 Å². The number of hydrogen-bond donors (Lipinski definition) is 1. The monoisotopic (exact) mass is 259 g/mol. The highest BCUT2D eigenvalue weighted by atomic mass is 35.5. The van der Waals surface area contributed by atoms with Gasteiger partial charge in [0.1, 0.15) is 9.34 Å². The third-order valence-electron chi connectivity index (χ3n) is 1.77. The summed E-state index contributed by atoms with van der Waals surface area (Å²) in [6.45, 7) is 3.53. The summed E-state index contributed by atoms with van der Waals surface area (Å²) in [6.07, 6.45) is 1.68. The molecule has 6 heteroatoms. The highest BCUT2D eigenvalue weighted by molar-refractivity contribution is 7.15. The van der Waals surface area contributed by atoms with Gasteiger partial charge in [-0.3, -0.25) is 0 Å². The topological polar surface area (TPSA) is 37.8 Å². The van der Waals surface area contributed by atoms with E-state index in [1.54, 1.807) is 17.5 Å². The first-order valence-corrected chi connectivity index (χ1v) is 6.53. The summed E-state index contributed by atoms with van der Waals surface area (Å²) in [4.78, 5) is 8.52. The zero-order chi connectivity index (χ0) is 10.7. The van der Waals surface area contributed by atoms with E-state index in [9.17, 15) is 0 Å². The molecule has 1 N–H and O–H groups in total. The Balaban J connectivity index is 1.80. The minimum atomic E-state index is 0.733. The number of nitrogens with one attached hydrogen (secondary N) is 1. The maximum absolute atomic E-state index is 5.78. The number of aromatic nitrogens is 2. The lowest BCUT2D eigenvalue weighted by Crippen LogP contribution is -2.12. The van der Waals surface area contributed by atoms with E-state index in [1.165, 1.54) is 11.3 Å². The zero-order valence-corrected chi connectivity index (χ0v) is 10.5. The Labute approximate surface area is 101 Å². The fraction of sp³-hybridized carbons (Fsp3) is 0.333. The average molecular weight is 260 g/mol. The summed E-state index contributed by atoms with van der Waals surface area (Å²) in [6, 6.07) is 0. The third kappa shape index (κ3) is 3.24. The van der Waals surface area contributed by atoms with Crippen LogP contribution < -0.4 is 5.32 Å². The number of aryl methyl sites for hydroxylation is 1. The van der Waals surface area contributed by atoms with Crippen molar-refractivity contribution in [1.29, 1.82) is 0 Å². The quantitative estimate of drug-likeness (QED) is 0.918. The van der Waals surface area contributed by atoms with Crippen LogP contribution in [-0.4, -0.2) is 9.97 Å². The molecule has 0 aliphatic rings. The molecule has 0 radical (unpaired) electrons. The molecule has 80 valence electrons. The lowest BCUT2D eigenvalue weighted by molar-refractivity contribution is 0.678. The standard InChI is InChI=1S/C9H10ClN3S2/c1-6-13-7(5-14-6)2-11-4-9-12-3-8(10)15-9/h3,5,11H,2,4H2,1H3. The fourth-order valence-corrected chi connectivity index (χ4v) is 2.70. The van der Waals surface area contributed by atoms with Crippen molar-refractivity contribution >= 4 is 34.3 Å². The summed E-state index contributed by atoms with van der Waals surface area (Å²) in [5.74, 6) is 0. The van der Waals surface area contributed by atoms with E-state index in [0.717, 1.165) is 33.1 Å². The molecule has 0 aromatic carbocycles. The Kier molecular flexibility index (Phi) is 3.69. The molecule has 3 nitrogen and oxygen atoms in total. The van der Waals surface area contributed by atoms with Crippen molar-refractivity contribution in [1.82, 2.24) is 15.3 Å². The number of halogens is 1. The van der Waals surface area contributed by atoms with Crippen molar-refractivity contribution < 1.29 is 0 Å². The first-order valence-electron chi connectivity index (χ1n) is 4.46. The van der Waals surface area contributed by atoms with Gasteiger partial charge in [-0.1, -0.05) is 11.6 Å². The predicted octanol–water partition coefficient (Wildman–Crippen LogP) is 2.85. The van der Waals surface area contributed by atoms with Gasteiger partial charge in [0.25, 0.3) is 0 Å². The maximum atomic E-state index is 5.78. The van der Waals surface area contributed by atoms with Gasteiger partial charge in [-0.05, 0) is 6.92 Å². The van der Waals surface area contributed by atoms with E-state index in [2.05, 4.69) is 20.7 Å². The Morgan fingerprint density at radius 1 is 1.47 bits per heavy atom. The molecule has 2 heterocycles. The summed E-state index contributed by atoms with van der Waals surface area (Å²) in [5, 5.41) is 7.45. The molecule has 2 aromatic rings. The van der Waals surface area contributed by atoms with Crippen LogP contribution in [-0.2, 0) is 13.1 Å². The Bertz CT molecular complexity index is 398. The number of thiazole rings is 2. The van der Waals surface area contributed by atoms with E-state index in [0.29, 0.717) is 0 Å². The van der Waals surface area contributed by atoms with Gasteiger partial charge in [-0.15, -0.1) is 22.7 Å². The van der Waals surface area contributed by atoms with Crippen LogP contribution >= 0.6 is 34.3 Å². The van der Waals surface area contributed by atoms with Gasteiger partial charge in [-0.25, -0.2) is 9.97 Å². The van der Waals surface area contributed by atoms with Crippen LogP contribution in [0.3, 0.4) is 0 Å². The molecule has 15 heavy (non-hydrogen) atoms. The third-order valence-corrected chi connectivity index (χ3v) is 3.71. The van der Waals surface area contributed by atoms with Crippen molar-refractivity contribution in [3.8, 4) is 0 Å². The van der Waals surface area contributed by atoms with Gasteiger partial charge in [0.05, 0.1) is 16.9 Å². The molecule has 0 spiro atoms. The molecule has 0 amide bonds. The second kappa shape index (κ2) is 5.03. The summed E-state index contributed by atoms with van der Waals surface area (Å²) in [5.41, 5.74) is 1.08. The van der Waals surface area contributed by atoms with Crippen molar-refractivity contribution in [3.05, 3.63) is 31.6 Å². The second-order valence-corrected chi connectivity index (χ2v) is 5.83. The Morgan fingerprint density at radius 3 is 2.93 bits per heavy atom. The Hall–Kier alpha value is -0.490. The van der Waals surface area contributed by atoms with Crippen LogP contribution in [0, 0.1) is 6.92 Å². The predicted molar refractivity (Wildman–Crippen MR) is 64.5 cm³/mol. The van der Waals surface area contributed by atoms with Gasteiger partial charge in [0.15, 0.2) is 0 Å². The first kappa shape index (κ1) is 11.0. The summed E-state index contributed by atoms with van der Waals surface area (Å²) in [7, 11) is 0. The molecule has 0 atom stereocenters. The van der Waals surface area contributed by atoms with Gasteiger partial charge in [0.2, 0.25) is 0 Å². The molecule has 2 rings (SSSR count). The molecule has 0 unspecified atom stereocenters. The lowest BCUT2D eigenvalue weighted by Gasteiger charge is -1.98. The number of rotatable bonds is 4. The van der Waals surface area contributed by atoms with Crippen LogP contribution in [0.4, 0.5) is 0 Å². The van der Waals surface area contributed by atoms with Crippen LogP contribution in [0.1, 0.15) is 15.7 Å². The first-order chi connectivity index (χ1) is 7.24. The molecule has 0 fully saturated rings. The number of nitrogens with zero attached hydrogens (tertiary/aromatic N) is 2. The fourth-order valence-electron chi connectivity index (χ4n) is 1.16. The van der Waals surface area contributed by atoms with Crippen LogP contribution in [0.15, 0.2) is 11.6 Å². The zero-order valence-electron chi connectivity index (χ0n) is 8.16. The lowest BCUT2D eigenvalue weighted by atomic mass is 10.5. The average Bonchev–Trinajstić information content (AvgIpc) is 2.76. The smallest absolute Gasteiger partial charge is 0.113 e. The van der Waals surface area contributed by atoms with Crippen LogP contribution in [0.2, 0.25) is 4.34 Å². The van der Waals surface area contributed by atoms with Crippen LogP contribution in [0.25, 0.3) is 0 Å². The maximum Gasteiger partial charge on any atom is 0.113 e. The summed E-state index contributed by atoms with van der Waals surface area (Å²) >= 11 is 8.95. The summed E-state index contributed by atoms with van der Waals surface area (Å²) < 4.78 is 0.733. The largest absolute Gasteiger partial charge is 0.305 e.